The minimum Gasteiger partial charge on any atom is -0.353 e. The van der Waals surface area contributed by atoms with Crippen molar-refractivity contribution in [2.75, 3.05) is 25.5 Å². The summed E-state index contributed by atoms with van der Waals surface area (Å²) in [5.41, 5.74) is 0.387. The molecule has 1 aromatic heterocycles. The van der Waals surface area contributed by atoms with Crippen molar-refractivity contribution in [3.05, 3.63) is 18.0 Å². The van der Waals surface area contributed by atoms with Gasteiger partial charge in [0.15, 0.2) is 0 Å². The highest BCUT2D eigenvalue weighted by molar-refractivity contribution is 5.29. The van der Waals surface area contributed by atoms with Gasteiger partial charge in [0.05, 0.1) is 0 Å². The Bertz CT molecular complexity index is 385. The zero-order chi connectivity index (χ0) is 12.7. The van der Waals surface area contributed by atoms with Gasteiger partial charge in [-0.2, -0.15) is 5.26 Å². The lowest BCUT2D eigenvalue weighted by atomic mass is 10.2. The van der Waals surface area contributed by atoms with Crippen LogP contribution in [0.15, 0.2) is 12.3 Å². The molecule has 1 aromatic rings. The molecule has 5 heteroatoms. The van der Waals surface area contributed by atoms with Crippen LogP contribution < -0.4 is 5.32 Å². The van der Waals surface area contributed by atoms with E-state index in [0.717, 1.165) is 19.5 Å². The Hall–Kier alpha value is -1.67. The first-order valence-electron chi connectivity index (χ1n) is 5.84. The molecule has 0 amide bonds. The number of aromatic nitrogens is 2. The molecule has 92 valence electrons. The van der Waals surface area contributed by atoms with E-state index in [-0.39, 0.29) is 0 Å². The van der Waals surface area contributed by atoms with Crippen molar-refractivity contribution < 1.29 is 0 Å². The molecule has 1 unspecified atom stereocenters. The summed E-state index contributed by atoms with van der Waals surface area (Å²) in [6.45, 7) is 6.08. The smallest absolute Gasteiger partial charge is 0.223 e. The third kappa shape index (κ3) is 4.37. The fraction of sp³-hybridized carbons (Fsp3) is 0.583. The van der Waals surface area contributed by atoms with E-state index in [4.69, 9.17) is 5.26 Å². The molecule has 0 aliphatic heterocycles. The topological polar surface area (TPSA) is 64.8 Å². The Labute approximate surface area is 102 Å². The van der Waals surface area contributed by atoms with E-state index in [1.165, 1.54) is 0 Å². The molecule has 0 aromatic carbocycles. The maximum atomic E-state index is 8.70. The van der Waals surface area contributed by atoms with Crippen LogP contribution in [0.2, 0.25) is 0 Å². The van der Waals surface area contributed by atoms with Crippen molar-refractivity contribution in [1.29, 1.82) is 5.26 Å². The van der Waals surface area contributed by atoms with E-state index >= 15 is 0 Å². The summed E-state index contributed by atoms with van der Waals surface area (Å²) in [7, 11) is 2.10. The summed E-state index contributed by atoms with van der Waals surface area (Å²) < 4.78 is 0. The average Bonchev–Trinajstić information content (AvgIpc) is 2.37. The number of likely N-dealkylation sites (N-methyl/N-ethyl adjacent to an activating group) is 1. The normalized spacial score (nSPS) is 12.2. The summed E-state index contributed by atoms with van der Waals surface area (Å²) in [6.07, 6.45) is 2.73. The highest BCUT2D eigenvalue weighted by atomic mass is 15.2. The van der Waals surface area contributed by atoms with Crippen LogP contribution in [0, 0.1) is 11.3 Å². The van der Waals surface area contributed by atoms with Gasteiger partial charge >= 0.3 is 0 Å². The second-order valence-corrected chi connectivity index (χ2v) is 4.04. The lowest BCUT2D eigenvalue weighted by molar-refractivity contribution is 0.261. The highest BCUT2D eigenvalue weighted by Crippen LogP contribution is 2.01. The number of nitriles is 1. The van der Waals surface area contributed by atoms with Crippen molar-refractivity contribution in [2.24, 2.45) is 0 Å². The molecule has 1 atom stereocenters. The summed E-state index contributed by atoms with van der Waals surface area (Å²) in [5, 5.41) is 11.8. The molecule has 1 rings (SSSR count). The summed E-state index contributed by atoms with van der Waals surface area (Å²) in [6, 6.07) is 4.16. The average molecular weight is 233 g/mol. The van der Waals surface area contributed by atoms with Crippen molar-refractivity contribution in [3.63, 3.8) is 0 Å². The molecular weight excluding hydrogens is 214 g/mol. The number of hydrogen-bond donors (Lipinski definition) is 1. The van der Waals surface area contributed by atoms with E-state index in [1.54, 1.807) is 12.3 Å². The summed E-state index contributed by atoms with van der Waals surface area (Å²) in [4.78, 5) is 10.4. The van der Waals surface area contributed by atoms with Crippen LogP contribution in [0.5, 0.6) is 0 Å². The van der Waals surface area contributed by atoms with Gasteiger partial charge in [-0.05, 0) is 26.5 Å². The molecule has 0 fully saturated rings. The van der Waals surface area contributed by atoms with Gasteiger partial charge in [-0.15, -0.1) is 0 Å². The first-order chi connectivity index (χ1) is 8.17. The first kappa shape index (κ1) is 13.4. The van der Waals surface area contributed by atoms with Gasteiger partial charge in [0, 0.05) is 25.3 Å². The first-order valence-corrected chi connectivity index (χ1v) is 5.84. The van der Waals surface area contributed by atoms with Crippen molar-refractivity contribution in [1.82, 2.24) is 14.9 Å². The molecule has 1 N–H and O–H groups in total. The summed E-state index contributed by atoms with van der Waals surface area (Å²) in [5.74, 6) is 0.515. The summed E-state index contributed by atoms with van der Waals surface area (Å²) >= 11 is 0. The lowest BCUT2D eigenvalue weighted by Gasteiger charge is -2.23. The van der Waals surface area contributed by atoms with Gasteiger partial charge in [0.2, 0.25) is 5.95 Å². The van der Waals surface area contributed by atoms with Crippen LogP contribution in [0.4, 0.5) is 5.95 Å². The maximum Gasteiger partial charge on any atom is 0.223 e. The molecule has 0 saturated heterocycles. The van der Waals surface area contributed by atoms with Crippen LogP contribution >= 0.6 is 0 Å². The Kier molecular flexibility index (Phi) is 5.37. The van der Waals surface area contributed by atoms with E-state index in [2.05, 4.69) is 41.1 Å². The van der Waals surface area contributed by atoms with Crippen LogP contribution in [0.25, 0.3) is 0 Å². The maximum absolute atomic E-state index is 8.70. The molecule has 0 saturated carbocycles. The molecule has 17 heavy (non-hydrogen) atoms. The highest BCUT2D eigenvalue weighted by Gasteiger charge is 2.05. The fourth-order valence-electron chi connectivity index (χ4n) is 1.38. The van der Waals surface area contributed by atoms with Gasteiger partial charge in [0.25, 0.3) is 0 Å². The second-order valence-electron chi connectivity index (χ2n) is 4.04. The van der Waals surface area contributed by atoms with E-state index < -0.39 is 0 Å². The molecule has 0 aliphatic rings. The van der Waals surface area contributed by atoms with E-state index in [0.29, 0.717) is 17.7 Å². The number of nitrogens with one attached hydrogen (secondary N) is 1. The molecule has 0 spiro atoms. The van der Waals surface area contributed by atoms with Crippen LogP contribution in [-0.4, -0.2) is 41.0 Å². The van der Waals surface area contributed by atoms with E-state index in [9.17, 15) is 0 Å². The van der Waals surface area contributed by atoms with Gasteiger partial charge in [-0.25, -0.2) is 9.97 Å². The van der Waals surface area contributed by atoms with Crippen LogP contribution in [0.1, 0.15) is 26.0 Å². The molecule has 0 radical (unpaired) electrons. The van der Waals surface area contributed by atoms with E-state index in [1.807, 2.05) is 6.07 Å². The van der Waals surface area contributed by atoms with Crippen LogP contribution in [-0.2, 0) is 0 Å². The van der Waals surface area contributed by atoms with Gasteiger partial charge < -0.3 is 10.2 Å². The number of nitrogens with zero attached hydrogens (tertiary/aromatic N) is 4. The lowest BCUT2D eigenvalue weighted by Crippen LogP contribution is -2.32. The quantitative estimate of drug-likeness (QED) is 0.806. The second kappa shape index (κ2) is 6.81. The monoisotopic (exact) mass is 233 g/mol. The predicted octanol–water partition coefficient (Wildman–Crippen LogP) is 1.49. The van der Waals surface area contributed by atoms with Crippen molar-refractivity contribution in [2.45, 2.75) is 26.3 Å². The van der Waals surface area contributed by atoms with Crippen LogP contribution in [0.3, 0.4) is 0 Å². The SMILES string of the molecule is CCC(C)N(C)CCNc1nccc(C#N)n1. The van der Waals surface area contributed by atoms with Gasteiger partial charge in [0.1, 0.15) is 11.8 Å². The third-order valence-electron chi connectivity index (χ3n) is 2.86. The number of hydrogen-bond acceptors (Lipinski definition) is 5. The minimum atomic E-state index is 0.387. The largest absolute Gasteiger partial charge is 0.353 e. The Morgan fingerprint density at radius 2 is 2.35 bits per heavy atom. The number of anilines is 1. The molecule has 0 bridgehead atoms. The predicted molar refractivity (Wildman–Crippen MR) is 67.6 cm³/mol. The minimum absolute atomic E-state index is 0.387. The Morgan fingerprint density at radius 1 is 1.59 bits per heavy atom. The van der Waals surface area contributed by atoms with Crippen molar-refractivity contribution >= 4 is 5.95 Å². The fourth-order valence-corrected chi connectivity index (χ4v) is 1.38. The number of rotatable bonds is 6. The Balaban J connectivity index is 2.38. The zero-order valence-corrected chi connectivity index (χ0v) is 10.6. The molecule has 5 nitrogen and oxygen atoms in total. The standard InChI is InChI=1S/C12H19N5/c1-4-10(2)17(3)8-7-15-12-14-6-5-11(9-13)16-12/h5-6,10H,4,7-8H2,1-3H3,(H,14,15,16). The van der Waals surface area contributed by atoms with Gasteiger partial charge in [-0.3, -0.25) is 0 Å². The zero-order valence-electron chi connectivity index (χ0n) is 10.6. The molecule has 0 aliphatic carbocycles. The third-order valence-corrected chi connectivity index (χ3v) is 2.86. The van der Waals surface area contributed by atoms with Crippen molar-refractivity contribution in [3.8, 4) is 6.07 Å². The molecular formula is C12H19N5. The van der Waals surface area contributed by atoms with Gasteiger partial charge in [-0.1, -0.05) is 6.92 Å². The molecule has 1 heterocycles. The Morgan fingerprint density at radius 3 is 3.00 bits per heavy atom.